The zero-order valence-corrected chi connectivity index (χ0v) is 8.79. The van der Waals surface area contributed by atoms with Crippen LogP contribution >= 0.6 is 11.6 Å². The maximum Gasteiger partial charge on any atom is 0.125 e. The van der Waals surface area contributed by atoms with E-state index in [-0.39, 0.29) is 5.02 Å². The maximum absolute atomic E-state index is 13.2. The van der Waals surface area contributed by atoms with E-state index < -0.39 is 5.82 Å². The molecule has 2 rings (SSSR count). The second-order valence-corrected chi connectivity index (χ2v) is 3.60. The van der Waals surface area contributed by atoms with Crippen LogP contribution in [-0.2, 0) is 7.05 Å². The zero-order valence-electron chi connectivity index (χ0n) is 8.04. The first-order chi connectivity index (χ1) is 7.09. The Morgan fingerprint density at radius 1 is 1.47 bits per heavy atom. The van der Waals surface area contributed by atoms with Crippen LogP contribution in [0, 0.1) is 5.82 Å². The number of aromatic nitrogens is 2. The highest BCUT2D eigenvalue weighted by molar-refractivity contribution is 6.33. The highest BCUT2D eigenvalue weighted by Gasteiger charge is 2.11. The number of anilines is 1. The molecular formula is C10H9ClFN3. The molecule has 0 unspecified atom stereocenters. The molecule has 0 saturated heterocycles. The molecule has 1 aromatic heterocycles. The van der Waals surface area contributed by atoms with Crippen molar-refractivity contribution in [3.05, 3.63) is 35.2 Å². The van der Waals surface area contributed by atoms with Crippen molar-refractivity contribution >= 4 is 17.3 Å². The van der Waals surface area contributed by atoms with E-state index in [2.05, 4.69) is 5.10 Å². The number of nitrogen functional groups attached to an aromatic ring is 1. The van der Waals surface area contributed by atoms with E-state index in [0.29, 0.717) is 11.3 Å². The second-order valence-electron chi connectivity index (χ2n) is 3.19. The second kappa shape index (κ2) is 3.55. The van der Waals surface area contributed by atoms with E-state index in [4.69, 9.17) is 17.3 Å². The van der Waals surface area contributed by atoms with Gasteiger partial charge in [-0.05, 0) is 18.2 Å². The number of rotatable bonds is 1. The minimum absolute atomic E-state index is 0.214. The van der Waals surface area contributed by atoms with Gasteiger partial charge in [0, 0.05) is 18.8 Å². The lowest BCUT2D eigenvalue weighted by atomic mass is 10.1. The number of nitrogens with zero attached hydrogens (tertiary/aromatic N) is 2. The van der Waals surface area contributed by atoms with Crippen molar-refractivity contribution in [1.29, 1.82) is 0 Å². The molecule has 0 bridgehead atoms. The molecule has 0 amide bonds. The van der Waals surface area contributed by atoms with Crippen LogP contribution in [0.3, 0.4) is 0 Å². The van der Waals surface area contributed by atoms with Gasteiger partial charge >= 0.3 is 0 Å². The summed E-state index contributed by atoms with van der Waals surface area (Å²) in [5.74, 6) is -0.412. The van der Waals surface area contributed by atoms with Crippen LogP contribution in [0.1, 0.15) is 0 Å². The molecule has 2 N–H and O–H groups in total. The maximum atomic E-state index is 13.2. The van der Waals surface area contributed by atoms with Gasteiger partial charge in [-0.1, -0.05) is 11.6 Å². The third-order valence-corrected chi connectivity index (χ3v) is 2.50. The first kappa shape index (κ1) is 9.98. The van der Waals surface area contributed by atoms with Crippen molar-refractivity contribution in [1.82, 2.24) is 9.78 Å². The molecule has 78 valence electrons. The Balaban J connectivity index is 2.68. The highest BCUT2D eigenvalue weighted by Crippen LogP contribution is 2.32. The lowest BCUT2D eigenvalue weighted by Gasteiger charge is -2.07. The topological polar surface area (TPSA) is 43.8 Å². The minimum Gasteiger partial charge on any atom is -0.397 e. The Labute approximate surface area is 91.3 Å². The lowest BCUT2D eigenvalue weighted by molar-refractivity contribution is 0.628. The average molecular weight is 226 g/mol. The molecule has 3 nitrogen and oxygen atoms in total. The molecule has 1 heterocycles. The third kappa shape index (κ3) is 1.68. The molecule has 0 saturated carbocycles. The monoisotopic (exact) mass is 225 g/mol. The van der Waals surface area contributed by atoms with Gasteiger partial charge in [0.25, 0.3) is 0 Å². The zero-order chi connectivity index (χ0) is 11.0. The molecule has 0 atom stereocenters. The number of hydrogen-bond donors (Lipinski definition) is 1. The fraction of sp³-hybridized carbons (Fsp3) is 0.100. The largest absolute Gasteiger partial charge is 0.397 e. The number of aryl methyl sites for hydroxylation is 1. The normalized spacial score (nSPS) is 10.6. The van der Waals surface area contributed by atoms with Gasteiger partial charge in [0.1, 0.15) is 5.82 Å². The molecule has 0 aliphatic heterocycles. The minimum atomic E-state index is -0.412. The van der Waals surface area contributed by atoms with Crippen molar-refractivity contribution < 1.29 is 4.39 Å². The van der Waals surface area contributed by atoms with Gasteiger partial charge in [0.2, 0.25) is 0 Å². The summed E-state index contributed by atoms with van der Waals surface area (Å²) in [6.07, 6.45) is 1.62. The Kier molecular flexibility index (Phi) is 2.36. The Morgan fingerprint density at radius 2 is 2.20 bits per heavy atom. The predicted octanol–water partition coefficient (Wildman–Crippen LogP) is 2.46. The molecule has 5 heteroatoms. The number of halogens is 2. The Morgan fingerprint density at radius 3 is 2.80 bits per heavy atom. The summed E-state index contributed by atoms with van der Waals surface area (Å²) in [5.41, 5.74) is 7.42. The summed E-state index contributed by atoms with van der Waals surface area (Å²) < 4.78 is 14.8. The summed E-state index contributed by atoms with van der Waals surface area (Å²) in [5, 5.41) is 4.20. The van der Waals surface area contributed by atoms with Crippen LogP contribution in [0.2, 0.25) is 5.02 Å². The fourth-order valence-electron chi connectivity index (χ4n) is 1.43. The first-order valence-corrected chi connectivity index (χ1v) is 4.70. The van der Waals surface area contributed by atoms with Crippen LogP contribution in [0.15, 0.2) is 24.4 Å². The molecule has 0 aliphatic rings. The van der Waals surface area contributed by atoms with Gasteiger partial charge < -0.3 is 5.73 Å². The smallest absolute Gasteiger partial charge is 0.125 e. The predicted molar refractivity (Wildman–Crippen MR) is 58.0 cm³/mol. The van der Waals surface area contributed by atoms with Crippen LogP contribution < -0.4 is 5.73 Å². The van der Waals surface area contributed by atoms with Crippen LogP contribution in [-0.4, -0.2) is 9.78 Å². The number of benzene rings is 1. The van der Waals surface area contributed by atoms with Gasteiger partial charge in [-0.3, -0.25) is 4.68 Å². The summed E-state index contributed by atoms with van der Waals surface area (Å²) >= 11 is 5.79. The first-order valence-electron chi connectivity index (χ1n) is 4.32. The van der Waals surface area contributed by atoms with Crippen LogP contribution in [0.25, 0.3) is 11.3 Å². The molecule has 0 radical (unpaired) electrons. The summed E-state index contributed by atoms with van der Waals surface area (Å²) in [4.78, 5) is 0. The van der Waals surface area contributed by atoms with Crippen molar-refractivity contribution in [2.75, 3.05) is 5.73 Å². The molecule has 0 aliphatic carbocycles. The van der Waals surface area contributed by atoms with Crippen molar-refractivity contribution in [2.45, 2.75) is 0 Å². The van der Waals surface area contributed by atoms with Crippen LogP contribution in [0.4, 0.5) is 10.1 Å². The van der Waals surface area contributed by atoms with E-state index in [1.165, 1.54) is 12.1 Å². The summed E-state index contributed by atoms with van der Waals surface area (Å²) in [6.45, 7) is 0. The van der Waals surface area contributed by atoms with Crippen molar-refractivity contribution in [2.24, 2.45) is 7.05 Å². The highest BCUT2D eigenvalue weighted by atomic mass is 35.5. The fourth-order valence-corrected chi connectivity index (χ4v) is 1.64. The van der Waals surface area contributed by atoms with Gasteiger partial charge in [0.05, 0.1) is 16.4 Å². The van der Waals surface area contributed by atoms with Crippen molar-refractivity contribution in [3.8, 4) is 11.3 Å². The summed E-state index contributed by atoms with van der Waals surface area (Å²) in [7, 11) is 1.76. The third-order valence-electron chi connectivity index (χ3n) is 2.19. The summed E-state index contributed by atoms with van der Waals surface area (Å²) in [6, 6.07) is 4.29. The van der Waals surface area contributed by atoms with Crippen LogP contribution in [0.5, 0.6) is 0 Å². The molecule has 0 fully saturated rings. The Hall–Kier alpha value is -1.55. The quantitative estimate of drug-likeness (QED) is 0.758. The van der Waals surface area contributed by atoms with E-state index in [1.807, 2.05) is 0 Å². The number of hydrogen-bond acceptors (Lipinski definition) is 2. The molecule has 0 spiro atoms. The van der Waals surface area contributed by atoms with E-state index >= 15 is 0 Å². The van der Waals surface area contributed by atoms with Crippen molar-refractivity contribution in [3.63, 3.8) is 0 Å². The standard InChI is InChI=1S/C10H9ClFN3/c1-15-9(2-3-14-15)7-4-6(12)5-8(11)10(7)13/h2-5H,13H2,1H3. The van der Waals surface area contributed by atoms with Gasteiger partial charge in [-0.2, -0.15) is 5.10 Å². The average Bonchev–Trinajstić information content (AvgIpc) is 2.58. The lowest BCUT2D eigenvalue weighted by Crippen LogP contribution is -1.98. The number of nitrogens with two attached hydrogens (primary N) is 1. The molecule has 1 aromatic carbocycles. The van der Waals surface area contributed by atoms with E-state index in [0.717, 1.165) is 5.69 Å². The van der Waals surface area contributed by atoms with Gasteiger partial charge in [-0.25, -0.2) is 4.39 Å². The van der Waals surface area contributed by atoms with E-state index in [1.54, 1.807) is 24.0 Å². The molecule has 2 aromatic rings. The SMILES string of the molecule is Cn1nccc1-c1cc(F)cc(Cl)c1N. The van der Waals surface area contributed by atoms with E-state index in [9.17, 15) is 4.39 Å². The Bertz CT molecular complexity index is 507. The van der Waals surface area contributed by atoms with Gasteiger partial charge in [-0.15, -0.1) is 0 Å². The molecular weight excluding hydrogens is 217 g/mol. The molecule has 15 heavy (non-hydrogen) atoms. The van der Waals surface area contributed by atoms with Gasteiger partial charge in [0.15, 0.2) is 0 Å².